The maximum absolute atomic E-state index is 7.57. The number of rotatable bonds is 0. The Bertz CT molecular complexity index is 908. The predicted molar refractivity (Wildman–Crippen MR) is 81.5 cm³/mol. The van der Waals surface area contributed by atoms with E-state index in [0.717, 1.165) is 10.9 Å². The van der Waals surface area contributed by atoms with Crippen LogP contribution in [0.25, 0.3) is 32.3 Å². The topological polar surface area (TPSA) is 12.9 Å². The molecule has 1 heteroatoms. The lowest BCUT2D eigenvalue weighted by Gasteiger charge is -2.10. The zero-order valence-electron chi connectivity index (χ0n) is 11.4. The average Bonchev–Trinajstić information content (AvgIpc) is 2.54. The Morgan fingerprint density at radius 2 is 1.53 bits per heavy atom. The van der Waals surface area contributed by atoms with Gasteiger partial charge in [-0.2, -0.15) is 0 Å². The minimum Gasteiger partial charge on any atom is -0.264 e. The van der Waals surface area contributed by atoms with Crippen LogP contribution in [0.3, 0.4) is 0 Å². The minimum absolute atomic E-state index is 0.310. The third-order valence-corrected chi connectivity index (χ3v) is 3.70. The van der Waals surface area contributed by atoms with Gasteiger partial charge in [-0.15, -0.1) is 0 Å². The summed E-state index contributed by atoms with van der Waals surface area (Å²) < 4.78 is 7.57. The van der Waals surface area contributed by atoms with E-state index in [-0.39, 0.29) is 0 Å². The highest BCUT2D eigenvalue weighted by atomic mass is 14.6. The van der Waals surface area contributed by atoms with Crippen molar-refractivity contribution in [3.63, 3.8) is 0 Å². The van der Waals surface area contributed by atoms with Crippen molar-refractivity contribution >= 4 is 32.3 Å². The Kier molecular flexibility index (Phi) is 1.90. The molecule has 0 saturated carbocycles. The smallest absolute Gasteiger partial charge is 0.0352 e. The molecule has 0 unspecified atom stereocenters. The molecule has 0 fully saturated rings. The number of hydrogen-bond donors (Lipinski definition) is 0. The molecule has 0 bridgehead atoms. The van der Waals surface area contributed by atoms with Crippen LogP contribution in [0.15, 0.2) is 60.9 Å². The third kappa shape index (κ3) is 1.45. The quantitative estimate of drug-likeness (QED) is 0.403. The summed E-state index contributed by atoms with van der Waals surface area (Å²) in [6.07, 6.45) is 3.77. The first kappa shape index (κ1) is 9.51. The number of nitrogens with zero attached hydrogens (tertiary/aromatic N) is 1. The van der Waals surface area contributed by atoms with Gasteiger partial charge in [-0.25, -0.2) is 0 Å². The van der Waals surface area contributed by atoms with Gasteiger partial charge in [0.05, 0.1) is 0 Å². The van der Waals surface area contributed by atoms with Crippen molar-refractivity contribution in [3.8, 4) is 0 Å². The van der Waals surface area contributed by atoms with Crippen LogP contribution in [-0.2, 0) is 0 Å². The van der Waals surface area contributed by atoms with Crippen LogP contribution < -0.4 is 0 Å². The first-order valence-electron chi connectivity index (χ1n) is 7.05. The number of pyridine rings is 1. The first-order valence-corrected chi connectivity index (χ1v) is 6.35. The fraction of sp³-hybridized carbons (Fsp3) is 0.0556. The lowest BCUT2D eigenvalue weighted by Crippen LogP contribution is -1.84. The van der Waals surface area contributed by atoms with Gasteiger partial charge < -0.3 is 0 Å². The van der Waals surface area contributed by atoms with Gasteiger partial charge in [0, 0.05) is 19.2 Å². The van der Waals surface area contributed by atoms with E-state index in [1.165, 1.54) is 26.9 Å². The first-order chi connectivity index (χ1) is 9.88. The van der Waals surface area contributed by atoms with Gasteiger partial charge in [0.15, 0.2) is 0 Å². The minimum atomic E-state index is 0.310. The highest BCUT2D eigenvalue weighted by Crippen LogP contribution is 2.34. The summed E-state index contributed by atoms with van der Waals surface area (Å²) in [5, 5.41) is 7.34. The molecule has 90 valence electrons. The predicted octanol–water partition coefficient (Wildman–Crippen LogP) is 4.85. The summed E-state index contributed by atoms with van der Waals surface area (Å²) in [7, 11) is 0. The second kappa shape index (κ2) is 3.79. The van der Waals surface area contributed by atoms with Crippen LogP contribution in [0.2, 0.25) is 0 Å². The van der Waals surface area contributed by atoms with Crippen molar-refractivity contribution in [1.29, 1.82) is 0 Å². The molecule has 4 rings (SSSR count). The molecule has 0 saturated heterocycles. The van der Waals surface area contributed by atoms with Gasteiger partial charge in [0.2, 0.25) is 0 Å². The number of benzene rings is 3. The maximum atomic E-state index is 7.57. The van der Waals surface area contributed by atoms with E-state index >= 15 is 0 Å². The molecule has 0 aliphatic carbocycles. The van der Waals surface area contributed by atoms with Crippen LogP contribution in [0.1, 0.15) is 6.93 Å². The van der Waals surface area contributed by atoms with Crippen molar-refractivity contribution in [3.05, 3.63) is 66.5 Å². The van der Waals surface area contributed by atoms with Gasteiger partial charge in [-0.3, -0.25) is 4.98 Å². The van der Waals surface area contributed by atoms with E-state index in [4.69, 9.17) is 1.37 Å². The van der Waals surface area contributed by atoms with Gasteiger partial charge in [0.1, 0.15) is 0 Å². The van der Waals surface area contributed by atoms with Gasteiger partial charge >= 0.3 is 0 Å². The van der Waals surface area contributed by atoms with E-state index in [2.05, 4.69) is 47.4 Å². The van der Waals surface area contributed by atoms with Crippen LogP contribution >= 0.6 is 0 Å². The Morgan fingerprint density at radius 1 is 0.789 bits per heavy atom. The van der Waals surface area contributed by atoms with Gasteiger partial charge in [-0.1, -0.05) is 48.0 Å². The summed E-state index contributed by atoms with van der Waals surface area (Å²) in [4.78, 5) is 4.28. The fourth-order valence-corrected chi connectivity index (χ4v) is 2.85. The second-order valence-electron chi connectivity index (χ2n) is 4.85. The van der Waals surface area contributed by atoms with Crippen molar-refractivity contribution in [1.82, 2.24) is 4.98 Å². The molecule has 0 amide bonds. The van der Waals surface area contributed by atoms with Crippen LogP contribution in [0.5, 0.6) is 0 Å². The monoisotopic (exact) mass is 244 g/mol. The number of aryl methyl sites for hydroxylation is 1. The van der Waals surface area contributed by atoms with Crippen molar-refractivity contribution in [2.75, 3.05) is 0 Å². The number of hydrogen-bond acceptors (Lipinski definition) is 1. The van der Waals surface area contributed by atoms with Crippen LogP contribution in [0.4, 0.5) is 0 Å². The summed E-state index contributed by atoms with van der Waals surface area (Å²) in [6, 6.07) is 16.9. The van der Waals surface area contributed by atoms with Crippen LogP contribution in [0, 0.1) is 6.90 Å². The molecule has 1 aromatic heterocycles. The van der Waals surface area contributed by atoms with Crippen molar-refractivity contribution < 1.29 is 1.37 Å². The fourth-order valence-electron chi connectivity index (χ4n) is 2.85. The highest BCUT2D eigenvalue weighted by Gasteiger charge is 2.07. The molecule has 0 aliphatic heterocycles. The lowest BCUT2D eigenvalue weighted by atomic mass is 9.94. The molecule has 3 aromatic carbocycles. The Labute approximate surface area is 112 Å². The number of fused-ring (bicyclic) bond motifs is 6. The lowest BCUT2D eigenvalue weighted by molar-refractivity contribution is 1.37. The zero-order valence-corrected chi connectivity index (χ0v) is 10.4. The van der Waals surface area contributed by atoms with Crippen LogP contribution in [-0.4, -0.2) is 4.98 Å². The van der Waals surface area contributed by atoms with E-state index in [0.29, 0.717) is 6.90 Å². The standard InChI is InChI=1S/C18H13N/c1-12-6-7-15-13-4-2-3-5-14(13)16-8-9-19-11-18(16)17(15)10-12/h2-11H,1H3/i1D. The van der Waals surface area contributed by atoms with Crippen molar-refractivity contribution in [2.24, 2.45) is 0 Å². The average molecular weight is 244 g/mol. The molecule has 0 atom stereocenters. The maximum Gasteiger partial charge on any atom is 0.0352 e. The zero-order chi connectivity index (χ0) is 13.5. The summed E-state index contributed by atoms with van der Waals surface area (Å²) in [5.41, 5.74) is 1.04. The van der Waals surface area contributed by atoms with E-state index in [9.17, 15) is 0 Å². The molecule has 0 radical (unpaired) electrons. The Balaban J connectivity index is 2.35. The molecular weight excluding hydrogens is 230 g/mol. The molecule has 4 aromatic rings. The van der Waals surface area contributed by atoms with E-state index in [1.54, 1.807) is 0 Å². The molecule has 0 N–H and O–H groups in total. The summed E-state index contributed by atoms with van der Waals surface area (Å²) in [6.45, 7) is 0.310. The molecule has 19 heavy (non-hydrogen) atoms. The molecule has 1 heterocycles. The normalized spacial score (nSPS) is 12.1. The van der Waals surface area contributed by atoms with Gasteiger partial charge in [0.25, 0.3) is 0 Å². The Hall–Kier alpha value is -2.41. The summed E-state index contributed by atoms with van der Waals surface area (Å²) >= 11 is 0. The molecule has 1 nitrogen and oxygen atoms in total. The molecule has 0 spiro atoms. The van der Waals surface area contributed by atoms with E-state index < -0.39 is 0 Å². The van der Waals surface area contributed by atoms with Gasteiger partial charge in [-0.05, 0) is 39.9 Å². The Morgan fingerprint density at radius 3 is 2.32 bits per heavy atom. The largest absolute Gasteiger partial charge is 0.264 e. The number of aromatic nitrogens is 1. The van der Waals surface area contributed by atoms with E-state index in [1.807, 2.05) is 18.5 Å². The van der Waals surface area contributed by atoms with Crippen molar-refractivity contribution in [2.45, 2.75) is 6.90 Å². The second-order valence-corrected chi connectivity index (χ2v) is 4.85. The summed E-state index contributed by atoms with van der Waals surface area (Å²) in [5.74, 6) is 0. The molecular formula is C18H13N. The molecule has 0 aliphatic rings. The third-order valence-electron chi connectivity index (χ3n) is 3.70. The SMILES string of the molecule is [2H]Cc1ccc2c3ccccc3c3ccncc3c2c1. The highest BCUT2D eigenvalue weighted by molar-refractivity contribution is 6.25.